The van der Waals surface area contributed by atoms with Gasteiger partial charge < -0.3 is 9.64 Å². The molecule has 0 bridgehead atoms. The molecular formula is C28H25N3O. The Kier molecular flexibility index (Phi) is 5.72. The van der Waals surface area contributed by atoms with E-state index in [9.17, 15) is 0 Å². The zero-order valence-electron chi connectivity index (χ0n) is 18.0. The van der Waals surface area contributed by atoms with Gasteiger partial charge in [-0.25, -0.2) is 4.98 Å². The molecule has 0 amide bonds. The summed E-state index contributed by atoms with van der Waals surface area (Å²) >= 11 is 0. The van der Waals surface area contributed by atoms with E-state index in [0.717, 1.165) is 48.3 Å². The molecule has 32 heavy (non-hydrogen) atoms. The van der Waals surface area contributed by atoms with E-state index in [2.05, 4.69) is 59.5 Å². The number of anilines is 1. The van der Waals surface area contributed by atoms with E-state index in [1.165, 1.54) is 22.4 Å². The van der Waals surface area contributed by atoms with E-state index in [1.54, 1.807) is 0 Å². The number of aromatic nitrogens is 1. The fourth-order valence-corrected chi connectivity index (χ4v) is 4.47. The molecule has 0 aliphatic carbocycles. The Balaban J connectivity index is 1.29. The van der Waals surface area contributed by atoms with Gasteiger partial charge in [-0.2, -0.15) is 5.26 Å². The first-order valence-corrected chi connectivity index (χ1v) is 11.1. The van der Waals surface area contributed by atoms with E-state index < -0.39 is 0 Å². The van der Waals surface area contributed by atoms with Gasteiger partial charge in [0.15, 0.2) is 0 Å². The summed E-state index contributed by atoms with van der Waals surface area (Å²) in [5.74, 6) is 0.856. The monoisotopic (exact) mass is 419 g/mol. The first-order chi connectivity index (χ1) is 15.8. The Labute approximate surface area is 188 Å². The third-order valence-corrected chi connectivity index (χ3v) is 5.99. The molecular weight excluding hydrogens is 394 g/mol. The molecule has 158 valence electrons. The first-order valence-electron chi connectivity index (χ1n) is 11.1. The second kappa shape index (κ2) is 9.11. The topological polar surface area (TPSA) is 49.2 Å². The van der Waals surface area contributed by atoms with Crippen LogP contribution >= 0.6 is 0 Å². The molecule has 3 aromatic carbocycles. The molecule has 0 unspecified atom stereocenters. The minimum atomic E-state index is 0.444. The maximum atomic E-state index is 9.01. The van der Waals surface area contributed by atoms with E-state index >= 15 is 0 Å². The van der Waals surface area contributed by atoms with Crippen molar-refractivity contribution in [2.75, 3.05) is 11.4 Å². The van der Waals surface area contributed by atoms with Gasteiger partial charge in [-0.15, -0.1) is 0 Å². The van der Waals surface area contributed by atoms with Crippen LogP contribution < -0.4 is 9.64 Å². The third-order valence-electron chi connectivity index (χ3n) is 5.99. The molecule has 4 heteroatoms. The van der Waals surface area contributed by atoms with Crippen molar-refractivity contribution >= 4 is 16.6 Å². The third kappa shape index (κ3) is 4.29. The van der Waals surface area contributed by atoms with Crippen LogP contribution in [0.5, 0.6) is 5.75 Å². The van der Waals surface area contributed by atoms with Gasteiger partial charge in [0.05, 0.1) is 17.3 Å². The maximum absolute atomic E-state index is 9.01. The van der Waals surface area contributed by atoms with Gasteiger partial charge in [0, 0.05) is 30.6 Å². The molecule has 0 saturated carbocycles. The first kappa shape index (κ1) is 20.1. The number of pyridine rings is 1. The number of aryl methyl sites for hydroxylation is 1. The summed E-state index contributed by atoms with van der Waals surface area (Å²) < 4.78 is 6.08. The SMILES string of the molecule is N#CCCc1cccc2c1N(Cc1cccc(OCc3ccc4ccccc4n3)c1)CC2. The van der Waals surface area contributed by atoms with Gasteiger partial charge in [-0.3, -0.25) is 0 Å². The van der Waals surface area contributed by atoms with E-state index in [0.29, 0.717) is 13.0 Å². The van der Waals surface area contributed by atoms with Crippen LogP contribution in [0.15, 0.2) is 78.9 Å². The fraction of sp³-hybridized carbons (Fsp3) is 0.214. The number of fused-ring (bicyclic) bond motifs is 2. The second-order valence-electron chi connectivity index (χ2n) is 8.19. The van der Waals surface area contributed by atoms with Crippen LogP contribution in [0.3, 0.4) is 0 Å². The summed E-state index contributed by atoms with van der Waals surface area (Å²) in [4.78, 5) is 7.14. The highest BCUT2D eigenvalue weighted by Crippen LogP contribution is 2.34. The Morgan fingerprint density at radius 1 is 0.969 bits per heavy atom. The number of nitrogens with zero attached hydrogens (tertiary/aromatic N) is 3. The fourth-order valence-electron chi connectivity index (χ4n) is 4.47. The second-order valence-corrected chi connectivity index (χ2v) is 8.19. The Hall–Kier alpha value is -3.84. The van der Waals surface area contributed by atoms with Crippen LogP contribution in [0.25, 0.3) is 10.9 Å². The summed E-state index contributed by atoms with van der Waals surface area (Å²) in [5.41, 5.74) is 7.10. The molecule has 0 saturated heterocycles. The van der Waals surface area contributed by atoms with Gasteiger partial charge in [0.2, 0.25) is 0 Å². The van der Waals surface area contributed by atoms with Crippen molar-refractivity contribution in [2.24, 2.45) is 0 Å². The van der Waals surface area contributed by atoms with E-state index in [1.807, 2.05) is 30.3 Å². The normalized spacial score (nSPS) is 12.5. The van der Waals surface area contributed by atoms with Crippen LogP contribution in [0.2, 0.25) is 0 Å². The molecule has 2 heterocycles. The highest BCUT2D eigenvalue weighted by atomic mass is 16.5. The molecule has 1 aliphatic rings. The molecule has 0 N–H and O–H groups in total. The smallest absolute Gasteiger partial charge is 0.130 e. The lowest BCUT2D eigenvalue weighted by molar-refractivity contribution is 0.301. The van der Waals surface area contributed by atoms with Crippen molar-refractivity contribution in [1.82, 2.24) is 4.98 Å². The summed E-state index contributed by atoms with van der Waals surface area (Å²) in [6.07, 6.45) is 2.41. The number of nitriles is 1. The van der Waals surface area contributed by atoms with Gasteiger partial charge in [-0.1, -0.05) is 54.6 Å². The van der Waals surface area contributed by atoms with Crippen molar-refractivity contribution in [3.05, 3.63) is 101 Å². The number of para-hydroxylation sites is 2. The molecule has 0 spiro atoms. The molecule has 1 aliphatic heterocycles. The average molecular weight is 420 g/mol. The molecule has 0 fully saturated rings. The number of benzene rings is 3. The van der Waals surface area contributed by atoms with Crippen molar-refractivity contribution in [3.8, 4) is 11.8 Å². The Morgan fingerprint density at radius 2 is 1.88 bits per heavy atom. The highest BCUT2D eigenvalue weighted by molar-refractivity contribution is 5.78. The van der Waals surface area contributed by atoms with Crippen LogP contribution in [0.1, 0.15) is 28.8 Å². The summed E-state index contributed by atoms with van der Waals surface area (Å²) in [7, 11) is 0. The molecule has 0 radical (unpaired) electrons. The molecule has 4 nitrogen and oxygen atoms in total. The largest absolute Gasteiger partial charge is 0.487 e. The lowest BCUT2D eigenvalue weighted by Crippen LogP contribution is -2.20. The molecule has 1 aromatic heterocycles. The molecule has 5 rings (SSSR count). The number of hydrogen-bond donors (Lipinski definition) is 0. The standard InChI is InChI=1S/C28H25N3O/c29-16-5-10-23-8-4-9-24-15-17-31(28(23)24)19-21-6-3-11-26(18-21)32-20-25-14-13-22-7-1-2-12-27(22)30-25/h1-4,6-9,11-14,18H,5,10,15,17,19-20H2. The lowest BCUT2D eigenvalue weighted by Gasteiger charge is -2.22. The Bertz CT molecular complexity index is 1290. The van der Waals surface area contributed by atoms with E-state index in [-0.39, 0.29) is 0 Å². The summed E-state index contributed by atoms with van der Waals surface area (Å²) in [6.45, 7) is 2.28. The molecule has 0 atom stereocenters. The van der Waals surface area contributed by atoms with Gasteiger partial charge >= 0.3 is 0 Å². The minimum absolute atomic E-state index is 0.444. The Morgan fingerprint density at radius 3 is 2.81 bits per heavy atom. The minimum Gasteiger partial charge on any atom is -0.487 e. The highest BCUT2D eigenvalue weighted by Gasteiger charge is 2.22. The average Bonchev–Trinajstić information content (AvgIpc) is 3.25. The van der Waals surface area contributed by atoms with Gasteiger partial charge in [0.25, 0.3) is 0 Å². The quantitative estimate of drug-likeness (QED) is 0.378. The van der Waals surface area contributed by atoms with Crippen LogP contribution in [0.4, 0.5) is 5.69 Å². The number of ether oxygens (including phenoxy) is 1. The number of rotatable bonds is 7. The van der Waals surface area contributed by atoms with Gasteiger partial charge in [-0.05, 0) is 53.8 Å². The summed E-state index contributed by atoms with van der Waals surface area (Å²) in [5, 5.41) is 10.1. The number of hydrogen-bond acceptors (Lipinski definition) is 4. The van der Waals surface area contributed by atoms with Gasteiger partial charge in [0.1, 0.15) is 12.4 Å². The van der Waals surface area contributed by atoms with Crippen LogP contribution in [0, 0.1) is 11.3 Å². The predicted molar refractivity (Wildman–Crippen MR) is 128 cm³/mol. The zero-order valence-corrected chi connectivity index (χ0v) is 18.0. The van der Waals surface area contributed by atoms with Crippen molar-refractivity contribution in [2.45, 2.75) is 32.4 Å². The zero-order chi connectivity index (χ0) is 21.8. The lowest BCUT2D eigenvalue weighted by atomic mass is 10.0. The maximum Gasteiger partial charge on any atom is 0.130 e. The van der Waals surface area contributed by atoms with Crippen LogP contribution in [-0.2, 0) is 26.0 Å². The predicted octanol–water partition coefficient (Wildman–Crippen LogP) is 5.83. The molecule has 4 aromatic rings. The van der Waals surface area contributed by atoms with Crippen molar-refractivity contribution in [1.29, 1.82) is 5.26 Å². The van der Waals surface area contributed by atoms with Crippen molar-refractivity contribution < 1.29 is 4.74 Å². The van der Waals surface area contributed by atoms with Crippen LogP contribution in [-0.4, -0.2) is 11.5 Å². The summed E-state index contributed by atoms with van der Waals surface area (Å²) in [6, 6.07) is 29.3. The van der Waals surface area contributed by atoms with Crippen molar-refractivity contribution in [3.63, 3.8) is 0 Å². The van der Waals surface area contributed by atoms with E-state index in [4.69, 9.17) is 15.0 Å².